The summed E-state index contributed by atoms with van der Waals surface area (Å²) in [5.74, 6) is 2.53. The van der Waals surface area contributed by atoms with E-state index in [1.165, 1.54) is 5.30 Å². The summed E-state index contributed by atoms with van der Waals surface area (Å²) in [4.78, 5) is 0. The normalized spacial score (nSPS) is 8.27. The van der Waals surface area contributed by atoms with E-state index < -0.39 is 0 Å². The van der Waals surface area contributed by atoms with Crippen molar-refractivity contribution < 1.29 is 0 Å². The first-order valence-corrected chi connectivity index (χ1v) is 5.23. The summed E-state index contributed by atoms with van der Waals surface area (Å²) in [6.07, 6.45) is 5.10. The Hall–Kier alpha value is -1.57. The molecule has 1 atom stereocenters. The van der Waals surface area contributed by atoms with E-state index in [1.807, 2.05) is 60.7 Å². The fourth-order valence-electron chi connectivity index (χ4n) is 0.987. The van der Waals surface area contributed by atoms with Crippen LogP contribution >= 0.6 is 9.24 Å². The Bertz CT molecular complexity index is 412. The zero-order valence-electron chi connectivity index (χ0n) is 8.43. The summed E-state index contributed by atoms with van der Waals surface area (Å²) < 4.78 is 0. The fraction of sp³-hybridized carbons (Fsp3) is 0. The number of benzene rings is 2. The SMILES string of the molecule is C#Cc1ccccc1.Pc1ccccc1. The lowest BCUT2D eigenvalue weighted by Gasteiger charge is -1.82. The van der Waals surface area contributed by atoms with Crippen LogP contribution in [0.25, 0.3) is 0 Å². The van der Waals surface area contributed by atoms with Gasteiger partial charge in [0.2, 0.25) is 0 Å². The van der Waals surface area contributed by atoms with Gasteiger partial charge in [0.15, 0.2) is 0 Å². The highest BCUT2D eigenvalue weighted by atomic mass is 31.0. The van der Waals surface area contributed by atoms with Crippen molar-refractivity contribution in [3.05, 3.63) is 66.2 Å². The van der Waals surface area contributed by atoms with Crippen LogP contribution in [0.2, 0.25) is 0 Å². The Morgan fingerprint density at radius 3 is 1.53 bits per heavy atom. The molecule has 0 N–H and O–H groups in total. The molecule has 1 unspecified atom stereocenters. The lowest BCUT2D eigenvalue weighted by molar-refractivity contribution is 1.65. The Balaban J connectivity index is 0.000000151. The van der Waals surface area contributed by atoms with Crippen molar-refractivity contribution in [3.8, 4) is 12.3 Å². The maximum atomic E-state index is 5.10. The van der Waals surface area contributed by atoms with Crippen molar-refractivity contribution in [2.75, 3.05) is 0 Å². The van der Waals surface area contributed by atoms with Gasteiger partial charge in [-0.3, -0.25) is 0 Å². The third-order valence-corrected chi connectivity index (χ3v) is 2.12. The molecule has 0 aromatic heterocycles. The highest BCUT2D eigenvalue weighted by Crippen LogP contribution is 1.93. The van der Waals surface area contributed by atoms with Crippen LogP contribution in [-0.4, -0.2) is 0 Å². The van der Waals surface area contributed by atoms with E-state index in [2.05, 4.69) is 15.2 Å². The molecule has 2 aromatic rings. The van der Waals surface area contributed by atoms with Gasteiger partial charge in [-0.05, 0) is 17.4 Å². The van der Waals surface area contributed by atoms with Crippen molar-refractivity contribution in [1.82, 2.24) is 0 Å². The predicted octanol–water partition coefficient (Wildman–Crippen LogP) is 2.85. The molecule has 0 radical (unpaired) electrons. The second-order valence-electron chi connectivity index (χ2n) is 2.92. The smallest absolute Gasteiger partial charge is 0.0242 e. The summed E-state index contributed by atoms with van der Waals surface area (Å²) in [6, 6.07) is 19.7. The van der Waals surface area contributed by atoms with Gasteiger partial charge in [-0.1, -0.05) is 54.5 Å². The number of hydrogen-bond donors (Lipinski definition) is 0. The van der Waals surface area contributed by atoms with Crippen LogP contribution < -0.4 is 5.30 Å². The molecule has 0 saturated heterocycles. The van der Waals surface area contributed by atoms with Crippen molar-refractivity contribution in [1.29, 1.82) is 0 Å². The van der Waals surface area contributed by atoms with E-state index in [4.69, 9.17) is 6.42 Å². The van der Waals surface area contributed by atoms with E-state index in [0.717, 1.165) is 5.56 Å². The van der Waals surface area contributed by atoms with E-state index >= 15 is 0 Å². The molecule has 0 aliphatic carbocycles. The maximum absolute atomic E-state index is 5.10. The third kappa shape index (κ3) is 5.01. The molecule has 74 valence electrons. The van der Waals surface area contributed by atoms with Crippen LogP contribution in [0.1, 0.15) is 5.56 Å². The van der Waals surface area contributed by atoms with Crippen molar-refractivity contribution in [3.63, 3.8) is 0 Å². The van der Waals surface area contributed by atoms with Crippen LogP contribution in [0, 0.1) is 12.3 Å². The lowest BCUT2D eigenvalue weighted by atomic mass is 10.2. The molecule has 0 spiro atoms. The highest BCUT2D eigenvalue weighted by Gasteiger charge is 1.76. The van der Waals surface area contributed by atoms with E-state index in [1.54, 1.807) is 0 Å². The summed E-state index contributed by atoms with van der Waals surface area (Å²) in [5, 5.41) is 1.24. The quantitative estimate of drug-likeness (QED) is 0.465. The second kappa shape index (κ2) is 6.82. The molecule has 0 saturated carbocycles. The first-order chi connectivity index (χ1) is 7.33. The summed E-state index contributed by atoms with van der Waals surface area (Å²) in [6.45, 7) is 0. The molecule has 2 aromatic carbocycles. The molecule has 1 heteroatoms. The molecule has 0 bridgehead atoms. The zero-order valence-corrected chi connectivity index (χ0v) is 9.58. The van der Waals surface area contributed by atoms with Gasteiger partial charge in [-0.2, -0.15) is 0 Å². The van der Waals surface area contributed by atoms with Crippen LogP contribution in [0.15, 0.2) is 60.7 Å². The average Bonchev–Trinajstić information content (AvgIpc) is 2.32. The van der Waals surface area contributed by atoms with Gasteiger partial charge in [-0.25, -0.2) is 0 Å². The van der Waals surface area contributed by atoms with Crippen molar-refractivity contribution >= 4 is 14.5 Å². The average molecular weight is 212 g/mol. The van der Waals surface area contributed by atoms with Gasteiger partial charge in [0.05, 0.1) is 0 Å². The molecule has 0 amide bonds. The highest BCUT2D eigenvalue weighted by molar-refractivity contribution is 7.27. The zero-order chi connectivity index (χ0) is 10.9. The molecular weight excluding hydrogens is 199 g/mol. The van der Waals surface area contributed by atoms with Gasteiger partial charge < -0.3 is 0 Å². The molecule has 0 nitrogen and oxygen atoms in total. The molecule has 0 fully saturated rings. The Morgan fingerprint density at radius 2 is 1.27 bits per heavy atom. The number of rotatable bonds is 0. The topological polar surface area (TPSA) is 0 Å². The molecule has 0 aliphatic heterocycles. The monoisotopic (exact) mass is 212 g/mol. The van der Waals surface area contributed by atoms with Crippen LogP contribution in [0.4, 0.5) is 0 Å². The number of terminal acetylenes is 1. The van der Waals surface area contributed by atoms with E-state index in [0.29, 0.717) is 0 Å². The summed E-state index contributed by atoms with van der Waals surface area (Å²) in [5.41, 5.74) is 0.938. The predicted molar refractivity (Wildman–Crippen MR) is 70.2 cm³/mol. The Morgan fingerprint density at radius 1 is 0.800 bits per heavy atom. The minimum absolute atomic E-state index is 0.938. The fourth-order valence-corrected chi connectivity index (χ4v) is 1.21. The minimum Gasteiger partial charge on any atom is -0.115 e. The summed E-state index contributed by atoms with van der Waals surface area (Å²) >= 11 is 0. The molecule has 15 heavy (non-hydrogen) atoms. The van der Waals surface area contributed by atoms with Gasteiger partial charge in [-0.15, -0.1) is 15.7 Å². The van der Waals surface area contributed by atoms with Gasteiger partial charge in [0.25, 0.3) is 0 Å². The van der Waals surface area contributed by atoms with Gasteiger partial charge in [0, 0.05) is 5.56 Å². The van der Waals surface area contributed by atoms with E-state index in [9.17, 15) is 0 Å². The maximum Gasteiger partial charge on any atom is 0.0242 e. The first kappa shape index (κ1) is 11.5. The third-order valence-electron chi connectivity index (χ3n) is 1.74. The Kier molecular flexibility index (Phi) is 5.23. The Labute approximate surface area is 93.6 Å². The molecule has 2 rings (SSSR count). The van der Waals surface area contributed by atoms with Crippen LogP contribution in [0.5, 0.6) is 0 Å². The first-order valence-electron chi connectivity index (χ1n) is 4.65. The van der Waals surface area contributed by atoms with E-state index in [-0.39, 0.29) is 0 Å². The second-order valence-corrected chi connectivity index (χ2v) is 3.59. The molecular formula is C14H13P. The van der Waals surface area contributed by atoms with Crippen molar-refractivity contribution in [2.24, 2.45) is 0 Å². The molecule has 0 aliphatic rings. The minimum atomic E-state index is 0.938. The lowest BCUT2D eigenvalue weighted by Crippen LogP contribution is -1.82. The molecule has 0 heterocycles. The van der Waals surface area contributed by atoms with Crippen LogP contribution in [0.3, 0.4) is 0 Å². The summed E-state index contributed by atoms with van der Waals surface area (Å²) in [7, 11) is 2.63. The van der Waals surface area contributed by atoms with Crippen molar-refractivity contribution in [2.45, 2.75) is 0 Å². The largest absolute Gasteiger partial charge is 0.115 e. The number of hydrogen-bond acceptors (Lipinski definition) is 0. The van der Waals surface area contributed by atoms with Gasteiger partial charge in [0.1, 0.15) is 0 Å². The standard InChI is InChI=1S/C8H6.C6H7P/c1-2-8-6-4-3-5-7-8;7-6-4-2-1-3-5-6/h1,3-7H;1-5H,7H2. The van der Waals surface area contributed by atoms with Crippen LogP contribution in [-0.2, 0) is 0 Å². The van der Waals surface area contributed by atoms with Gasteiger partial charge >= 0.3 is 0 Å².